The number of fused-ring (bicyclic) bond motifs is 3. The first-order chi connectivity index (χ1) is 12.7. The fourth-order valence-corrected chi connectivity index (χ4v) is 4.86. The van der Waals surface area contributed by atoms with E-state index in [-0.39, 0.29) is 6.10 Å². The minimum Gasteiger partial charge on any atom is -0.456 e. The van der Waals surface area contributed by atoms with E-state index in [1.165, 1.54) is 33.0 Å². The average molecular weight is 369 g/mol. The quantitative estimate of drug-likeness (QED) is 0.663. The summed E-state index contributed by atoms with van der Waals surface area (Å²) in [6.07, 6.45) is 3.89. The van der Waals surface area contributed by atoms with Crippen LogP contribution in [-0.2, 0) is 9.53 Å². The van der Waals surface area contributed by atoms with E-state index < -0.39 is 12.6 Å². The van der Waals surface area contributed by atoms with Crippen molar-refractivity contribution in [3.05, 3.63) is 48.0 Å². The second-order valence-electron chi connectivity index (χ2n) is 6.87. The van der Waals surface area contributed by atoms with Crippen LogP contribution in [0, 0.1) is 0 Å². The molecule has 5 heteroatoms. The smallest absolute Gasteiger partial charge is 0.332 e. The second-order valence-corrected chi connectivity index (χ2v) is 7.96. The normalized spacial score (nSPS) is 18.9. The zero-order valence-electron chi connectivity index (χ0n) is 14.6. The molecule has 1 aliphatic rings. The fourth-order valence-electron chi connectivity index (χ4n) is 3.78. The first-order valence-corrected chi connectivity index (χ1v) is 10.0. The monoisotopic (exact) mass is 369 g/mol. The van der Waals surface area contributed by atoms with Crippen molar-refractivity contribution in [2.24, 2.45) is 0 Å². The Bertz CT molecular complexity index is 914. The third-order valence-corrected chi connectivity index (χ3v) is 6.24. The van der Waals surface area contributed by atoms with Crippen molar-refractivity contribution in [3.63, 3.8) is 0 Å². The third-order valence-electron chi connectivity index (χ3n) is 5.09. The number of ether oxygens (including phenoxy) is 1. The molecule has 3 aromatic rings. The summed E-state index contributed by atoms with van der Waals surface area (Å²) in [7, 11) is 0. The van der Waals surface area contributed by atoms with E-state index in [0.29, 0.717) is 6.04 Å². The Balaban J connectivity index is 1.68. The van der Waals surface area contributed by atoms with E-state index in [1.807, 2.05) is 0 Å². The molecular weight excluding hydrogens is 346 g/mol. The molecular formula is C21H23NO3S. The average Bonchev–Trinajstić information content (AvgIpc) is 3.06. The summed E-state index contributed by atoms with van der Waals surface area (Å²) in [5, 5.41) is 15.1. The molecule has 0 saturated carbocycles. The Kier molecular flexibility index (Phi) is 5.20. The lowest BCUT2D eigenvalue weighted by atomic mass is 9.95. The van der Waals surface area contributed by atoms with Crippen molar-refractivity contribution >= 4 is 37.5 Å². The number of nitrogens with one attached hydrogen (secondary N) is 1. The molecule has 4 rings (SSSR count). The van der Waals surface area contributed by atoms with Gasteiger partial charge in [0, 0.05) is 32.6 Å². The summed E-state index contributed by atoms with van der Waals surface area (Å²) in [5.41, 5.74) is 0.996. The number of benzene rings is 2. The van der Waals surface area contributed by atoms with Gasteiger partial charge in [-0.2, -0.15) is 0 Å². The predicted octanol–water partition coefficient (Wildman–Crippen LogP) is 4.16. The standard InChI is InChI=1S/C21H23NO3S/c23-13-21(24)25-18(12-15-5-3-4-10-22-15)14-8-9-20-17(11-14)16-6-1-2-7-19(16)26-20/h1-2,6-9,11,15,18,22-23H,3-5,10,12-13H2. The van der Waals surface area contributed by atoms with Gasteiger partial charge in [-0.15, -0.1) is 11.3 Å². The highest BCUT2D eigenvalue weighted by Crippen LogP contribution is 2.36. The highest BCUT2D eigenvalue weighted by atomic mass is 32.1. The van der Waals surface area contributed by atoms with Crippen LogP contribution in [0.1, 0.15) is 37.4 Å². The topological polar surface area (TPSA) is 58.6 Å². The van der Waals surface area contributed by atoms with E-state index in [2.05, 4.69) is 47.8 Å². The lowest BCUT2D eigenvalue weighted by Gasteiger charge is -2.28. The minimum absolute atomic E-state index is 0.340. The van der Waals surface area contributed by atoms with E-state index in [1.54, 1.807) is 11.3 Å². The number of hydrogen-bond donors (Lipinski definition) is 2. The molecule has 2 unspecified atom stereocenters. The van der Waals surface area contributed by atoms with Gasteiger partial charge in [0.2, 0.25) is 0 Å². The number of carbonyl (C=O) groups is 1. The minimum atomic E-state index is -0.585. The van der Waals surface area contributed by atoms with Crippen molar-refractivity contribution in [3.8, 4) is 0 Å². The lowest BCUT2D eigenvalue weighted by molar-refractivity contribution is -0.153. The summed E-state index contributed by atoms with van der Waals surface area (Å²) in [6, 6.07) is 15.0. The van der Waals surface area contributed by atoms with Gasteiger partial charge in [-0.3, -0.25) is 0 Å². The molecule has 4 nitrogen and oxygen atoms in total. The van der Waals surface area contributed by atoms with Gasteiger partial charge in [-0.1, -0.05) is 30.7 Å². The maximum absolute atomic E-state index is 11.8. The van der Waals surface area contributed by atoms with Gasteiger partial charge in [0.1, 0.15) is 12.7 Å². The molecule has 1 fully saturated rings. The molecule has 26 heavy (non-hydrogen) atoms. The molecule has 0 radical (unpaired) electrons. The maximum Gasteiger partial charge on any atom is 0.332 e. The number of carbonyl (C=O) groups excluding carboxylic acids is 1. The summed E-state index contributed by atoms with van der Waals surface area (Å²) in [4.78, 5) is 11.8. The van der Waals surface area contributed by atoms with Crippen LogP contribution in [0.15, 0.2) is 42.5 Å². The Morgan fingerprint density at radius 1 is 1.19 bits per heavy atom. The van der Waals surface area contributed by atoms with Crippen LogP contribution in [0.5, 0.6) is 0 Å². The number of esters is 1. The van der Waals surface area contributed by atoms with E-state index in [4.69, 9.17) is 9.84 Å². The van der Waals surface area contributed by atoms with Crippen LogP contribution in [0.2, 0.25) is 0 Å². The zero-order chi connectivity index (χ0) is 17.9. The highest BCUT2D eigenvalue weighted by Gasteiger charge is 2.23. The van der Waals surface area contributed by atoms with E-state index in [9.17, 15) is 4.79 Å². The molecule has 2 N–H and O–H groups in total. The fraction of sp³-hybridized carbons (Fsp3) is 0.381. The van der Waals surface area contributed by atoms with Crippen molar-refractivity contribution in [2.45, 2.75) is 37.8 Å². The van der Waals surface area contributed by atoms with Crippen molar-refractivity contribution < 1.29 is 14.6 Å². The first kappa shape index (κ1) is 17.5. The molecule has 0 amide bonds. The molecule has 1 saturated heterocycles. The highest BCUT2D eigenvalue weighted by molar-refractivity contribution is 7.25. The van der Waals surface area contributed by atoms with E-state index >= 15 is 0 Å². The van der Waals surface area contributed by atoms with Crippen LogP contribution < -0.4 is 5.32 Å². The van der Waals surface area contributed by atoms with Gasteiger partial charge in [0.15, 0.2) is 0 Å². The van der Waals surface area contributed by atoms with Gasteiger partial charge in [-0.25, -0.2) is 4.79 Å². The number of aliphatic hydroxyl groups excluding tert-OH is 1. The van der Waals surface area contributed by atoms with Crippen LogP contribution in [0.3, 0.4) is 0 Å². The zero-order valence-corrected chi connectivity index (χ0v) is 15.4. The van der Waals surface area contributed by atoms with Crippen LogP contribution in [0.25, 0.3) is 20.2 Å². The Morgan fingerprint density at radius 2 is 2.04 bits per heavy atom. The summed E-state index contributed by atoms with van der Waals surface area (Å²) in [6.45, 7) is 0.428. The molecule has 2 atom stereocenters. The number of thiophene rings is 1. The largest absolute Gasteiger partial charge is 0.456 e. The second kappa shape index (κ2) is 7.74. The van der Waals surface area contributed by atoms with Gasteiger partial charge < -0.3 is 15.2 Å². The summed E-state index contributed by atoms with van der Waals surface area (Å²) >= 11 is 1.78. The molecule has 0 bridgehead atoms. The van der Waals surface area contributed by atoms with Gasteiger partial charge in [-0.05, 0) is 43.1 Å². The Morgan fingerprint density at radius 3 is 2.85 bits per heavy atom. The Labute approximate surface area is 156 Å². The number of rotatable bonds is 5. The van der Waals surface area contributed by atoms with E-state index in [0.717, 1.165) is 24.9 Å². The summed E-state index contributed by atoms with van der Waals surface area (Å²) < 4.78 is 8.10. The Hall–Kier alpha value is -1.95. The molecule has 0 aliphatic carbocycles. The lowest BCUT2D eigenvalue weighted by Crippen LogP contribution is -2.36. The third kappa shape index (κ3) is 3.61. The number of hydrogen-bond acceptors (Lipinski definition) is 5. The molecule has 1 aromatic heterocycles. The molecule has 2 aromatic carbocycles. The van der Waals surface area contributed by atoms with Gasteiger partial charge in [0.05, 0.1) is 0 Å². The molecule has 1 aliphatic heterocycles. The van der Waals surface area contributed by atoms with Crippen molar-refractivity contribution in [1.82, 2.24) is 5.32 Å². The van der Waals surface area contributed by atoms with Crippen molar-refractivity contribution in [1.29, 1.82) is 0 Å². The van der Waals surface area contributed by atoms with Crippen LogP contribution in [-0.4, -0.2) is 30.3 Å². The van der Waals surface area contributed by atoms with Gasteiger partial charge in [0.25, 0.3) is 0 Å². The predicted molar refractivity (Wildman–Crippen MR) is 106 cm³/mol. The molecule has 136 valence electrons. The van der Waals surface area contributed by atoms with Gasteiger partial charge >= 0.3 is 5.97 Å². The van der Waals surface area contributed by atoms with Crippen LogP contribution >= 0.6 is 11.3 Å². The SMILES string of the molecule is O=C(CO)OC(CC1CCCCN1)c1ccc2sc3ccccc3c2c1. The van der Waals surface area contributed by atoms with Crippen LogP contribution in [0.4, 0.5) is 0 Å². The van der Waals surface area contributed by atoms with Crippen molar-refractivity contribution in [2.75, 3.05) is 13.2 Å². The maximum atomic E-state index is 11.8. The first-order valence-electron chi connectivity index (χ1n) is 9.19. The number of piperidine rings is 1. The molecule has 2 heterocycles. The molecule has 0 spiro atoms. The number of aliphatic hydroxyl groups is 1. The summed E-state index contributed by atoms with van der Waals surface area (Å²) in [5.74, 6) is -0.568.